The highest BCUT2D eigenvalue weighted by Crippen LogP contribution is 2.27. The van der Waals surface area contributed by atoms with E-state index in [0.29, 0.717) is 6.04 Å². The van der Waals surface area contributed by atoms with Crippen molar-refractivity contribution < 1.29 is 0 Å². The highest BCUT2D eigenvalue weighted by atomic mass is 15.2. The second-order valence-electron chi connectivity index (χ2n) is 5.28. The molecule has 0 saturated carbocycles. The molecule has 2 aliphatic heterocycles. The van der Waals surface area contributed by atoms with Gasteiger partial charge in [-0.3, -0.25) is 0 Å². The summed E-state index contributed by atoms with van der Waals surface area (Å²) >= 11 is 0. The molecule has 1 N–H and O–H groups in total. The van der Waals surface area contributed by atoms with Crippen LogP contribution >= 0.6 is 0 Å². The topological polar surface area (TPSA) is 33.1 Å². The molecule has 0 amide bonds. The number of likely N-dealkylation sites (tertiary alicyclic amines) is 1. The fraction of sp³-hybridized carbons (Fsp3) is 0.769. The van der Waals surface area contributed by atoms with Crippen LogP contribution in [0.15, 0.2) is 0 Å². The first-order chi connectivity index (χ1) is 8.29. The smallest absolute Gasteiger partial charge is 0.109 e. The molecule has 0 radical (unpaired) electrons. The lowest BCUT2D eigenvalue weighted by Gasteiger charge is -2.21. The first-order valence-corrected chi connectivity index (χ1v) is 6.77. The van der Waals surface area contributed by atoms with Crippen molar-refractivity contribution in [1.29, 1.82) is 0 Å². The van der Waals surface area contributed by atoms with Gasteiger partial charge in [0, 0.05) is 44.2 Å². The Morgan fingerprint density at radius 2 is 2.35 bits per heavy atom. The van der Waals surface area contributed by atoms with E-state index in [0.717, 1.165) is 25.9 Å². The van der Waals surface area contributed by atoms with Crippen molar-refractivity contribution in [3.8, 4) is 0 Å². The van der Waals surface area contributed by atoms with E-state index in [4.69, 9.17) is 4.98 Å². The van der Waals surface area contributed by atoms with Crippen molar-refractivity contribution in [2.24, 2.45) is 0 Å². The van der Waals surface area contributed by atoms with Crippen LogP contribution in [0.1, 0.15) is 36.6 Å². The van der Waals surface area contributed by atoms with Crippen LogP contribution < -0.4 is 5.32 Å². The van der Waals surface area contributed by atoms with Crippen LogP contribution in [0.4, 0.5) is 0 Å². The van der Waals surface area contributed by atoms with Crippen molar-refractivity contribution in [3.05, 3.63) is 17.2 Å². The number of imidazole rings is 1. The Balaban J connectivity index is 1.98. The van der Waals surface area contributed by atoms with E-state index in [1.165, 1.54) is 36.7 Å². The van der Waals surface area contributed by atoms with Gasteiger partial charge in [0.15, 0.2) is 0 Å². The van der Waals surface area contributed by atoms with Crippen molar-refractivity contribution in [2.45, 2.75) is 38.8 Å². The third-order valence-corrected chi connectivity index (χ3v) is 4.04. The zero-order valence-corrected chi connectivity index (χ0v) is 10.9. The van der Waals surface area contributed by atoms with Gasteiger partial charge >= 0.3 is 0 Å². The van der Waals surface area contributed by atoms with Gasteiger partial charge < -0.3 is 14.8 Å². The van der Waals surface area contributed by atoms with E-state index < -0.39 is 0 Å². The lowest BCUT2D eigenvalue weighted by atomic mass is 10.1. The average molecular weight is 234 g/mol. The van der Waals surface area contributed by atoms with Crippen LogP contribution in [-0.2, 0) is 19.4 Å². The molecule has 0 bridgehead atoms. The molecule has 1 atom stereocenters. The van der Waals surface area contributed by atoms with Gasteiger partial charge in [-0.05, 0) is 20.0 Å². The maximum atomic E-state index is 4.82. The fourth-order valence-electron chi connectivity index (χ4n) is 3.19. The quantitative estimate of drug-likeness (QED) is 0.827. The van der Waals surface area contributed by atoms with Crippen molar-refractivity contribution >= 4 is 0 Å². The summed E-state index contributed by atoms with van der Waals surface area (Å²) in [5.41, 5.74) is 2.79. The maximum absolute atomic E-state index is 4.82. The molecule has 1 unspecified atom stereocenters. The van der Waals surface area contributed by atoms with Crippen molar-refractivity contribution in [1.82, 2.24) is 19.8 Å². The number of aryl methyl sites for hydroxylation is 1. The molecule has 1 aromatic rings. The van der Waals surface area contributed by atoms with Gasteiger partial charge in [-0.1, -0.05) is 6.92 Å². The second-order valence-corrected chi connectivity index (χ2v) is 5.28. The van der Waals surface area contributed by atoms with E-state index in [9.17, 15) is 0 Å². The normalized spacial score (nSPS) is 25.2. The largest absolute Gasteiger partial charge is 0.327 e. The predicted molar refractivity (Wildman–Crippen MR) is 68.2 cm³/mol. The molecule has 1 aromatic heterocycles. The summed E-state index contributed by atoms with van der Waals surface area (Å²) in [7, 11) is 2.22. The van der Waals surface area contributed by atoms with Crippen molar-refractivity contribution in [3.63, 3.8) is 0 Å². The Labute approximate surface area is 103 Å². The van der Waals surface area contributed by atoms with Gasteiger partial charge in [-0.15, -0.1) is 0 Å². The SMILES string of the molecule is CCc1nc2c(n1C1CCN(C)C1)CCNC2. The van der Waals surface area contributed by atoms with E-state index in [-0.39, 0.29) is 0 Å². The van der Waals surface area contributed by atoms with Gasteiger partial charge in [0.05, 0.1) is 5.69 Å². The third-order valence-electron chi connectivity index (χ3n) is 4.04. The summed E-state index contributed by atoms with van der Waals surface area (Å²) in [6.45, 7) is 6.68. The Hall–Kier alpha value is -0.870. The zero-order chi connectivity index (χ0) is 11.8. The molecule has 1 fully saturated rings. The van der Waals surface area contributed by atoms with Crippen LogP contribution in [0.2, 0.25) is 0 Å². The minimum absolute atomic E-state index is 0.657. The molecule has 4 nitrogen and oxygen atoms in total. The lowest BCUT2D eigenvalue weighted by Crippen LogP contribution is -2.26. The van der Waals surface area contributed by atoms with Crippen molar-refractivity contribution in [2.75, 3.05) is 26.7 Å². The number of nitrogens with zero attached hydrogens (tertiary/aromatic N) is 3. The Kier molecular flexibility index (Phi) is 2.92. The number of hydrogen-bond acceptors (Lipinski definition) is 3. The number of likely N-dealkylation sites (N-methyl/N-ethyl adjacent to an activating group) is 1. The summed E-state index contributed by atoms with van der Waals surface area (Å²) in [5, 5.41) is 3.42. The average Bonchev–Trinajstić information content (AvgIpc) is 2.91. The van der Waals surface area contributed by atoms with Crippen LogP contribution in [0, 0.1) is 0 Å². The van der Waals surface area contributed by atoms with Crippen LogP contribution in [-0.4, -0.2) is 41.1 Å². The highest BCUT2D eigenvalue weighted by molar-refractivity contribution is 5.22. The number of rotatable bonds is 2. The molecule has 17 heavy (non-hydrogen) atoms. The molecule has 4 heteroatoms. The van der Waals surface area contributed by atoms with Gasteiger partial charge in [0.25, 0.3) is 0 Å². The molecular formula is C13H22N4. The van der Waals surface area contributed by atoms with Gasteiger partial charge in [0.2, 0.25) is 0 Å². The highest BCUT2D eigenvalue weighted by Gasteiger charge is 2.27. The summed E-state index contributed by atoms with van der Waals surface area (Å²) < 4.78 is 2.56. The Morgan fingerprint density at radius 3 is 3.06 bits per heavy atom. The molecule has 0 spiro atoms. The Bertz CT molecular complexity index is 410. The summed E-state index contributed by atoms with van der Waals surface area (Å²) in [6, 6.07) is 0.657. The number of nitrogens with one attached hydrogen (secondary N) is 1. The summed E-state index contributed by atoms with van der Waals surface area (Å²) in [6.07, 6.45) is 3.47. The molecule has 3 heterocycles. The number of aromatic nitrogens is 2. The maximum Gasteiger partial charge on any atom is 0.109 e. The second kappa shape index (κ2) is 4.42. The minimum Gasteiger partial charge on any atom is -0.327 e. The van der Waals surface area contributed by atoms with E-state index in [1.807, 2.05) is 0 Å². The van der Waals surface area contributed by atoms with Gasteiger partial charge in [-0.2, -0.15) is 0 Å². The van der Waals surface area contributed by atoms with E-state index in [2.05, 4.69) is 28.8 Å². The monoisotopic (exact) mass is 234 g/mol. The standard InChI is InChI=1S/C13H22N4/c1-3-13-15-11-8-14-6-4-12(11)17(13)10-5-7-16(2)9-10/h10,14H,3-9H2,1-2H3. The number of fused-ring (bicyclic) bond motifs is 1. The summed E-state index contributed by atoms with van der Waals surface area (Å²) in [5.74, 6) is 1.29. The predicted octanol–water partition coefficient (Wildman–Crippen LogP) is 0.968. The molecule has 0 aliphatic carbocycles. The van der Waals surface area contributed by atoms with Crippen LogP contribution in [0.5, 0.6) is 0 Å². The third kappa shape index (κ3) is 1.89. The van der Waals surface area contributed by atoms with Gasteiger partial charge in [0.1, 0.15) is 5.82 Å². The zero-order valence-electron chi connectivity index (χ0n) is 10.9. The molecule has 94 valence electrons. The summed E-state index contributed by atoms with van der Waals surface area (Å²) in [4.78, 5) is 7.25. The molecule has 2 aliphatic rings. The lowest BCUT2D eigenvalue weighted by molar-refractivity contribution is 0.385. The van der Waals surface area contributed by atoms with Gasteiger partial charge in [-0.25, -0.2) is 4.98 Å². The van der Waals surface area contributed by atoms with Crippen LogP contribution in [0.25, 0.3) is 0 Å². The first-order valence-electron chi connectivity index (χ1n) is 6.77. The van der Waals surface area contributed by atoms with E-state index >= 15 is 0 Å². The molecule has 0 aromatic carbocycles. The van der Waals surface area contributed by atoms with Crippen LogP contribution in [0.3, 0.4) is 0 Å². The number of hydrogen-bond donors (Lipinski definition) is 1. The first kappa shape index (κ1) is 11.2. The molecule has 1 saturated heterocycles. The molecule has 3 rings (SSSR count). The molecular weight excluding hydrogens is 212 g/mol. The Morgan fingerprint density at radius 1 is 1.47 bits per heavy atom. The van der Waals surface area contributed by atoms with E-state index in [1.54, 1.807) is 0 Å². The fourth-order valence-corrected chi connectivity index (χ4v) is 3.19. The minimum atomic E-state index is 0.657.